The number of hydrogen-bond donors (Lipinski definition) is 0. The molecule has 5 nitrogen and oxygen atoms in total. The molecule has 3 heterocycles. The van der Waals surface area contributed by atoms with Crippen LogP contribution >= 0.6 is 0 Å². The molecule has 0 radical (unpaired) electrons. The number of nitrogens with zero attached hydrogens (tertiary/aromatic N) is 2. The quantitative estimate of drug-likeness (QED) is 0.772. The predicted molar refractivity (Wildman–Crippen MR) is 85.5 cm³/mol. The third kappa shape index (κ3) is 1.64. The van der Waals surface area contributed by atoms with Gasteiger partial charge in [-0.3, -0.25) is 19.3 Å². The zero-order valence-electron chi connectivity index (χ0n) is 12.7. The molecule has 116 valence electrons. The van der Waals surface area contributed by atoms with Crippen LogP contribution in [-0.2, 0) is 14.4 Å². The van der Waals surface area contributed by atoms with Crippen molar-refractivity contribution in [2.24, 2.45) is 11.8 Å². The number of para-hydroxylation sites is 1. The summed E-state index contributed by atoms with van der Waals surface area (Å²) in [6.07, 6.45) is 5.00. The number of amides is 2. The number of anilines is 1. The van der Waals surface area contributed by atoms with E-state index in [0.29, 0.717) is 0 Å². The largest absolute Gasteiger partial charge is 0.353 e. The number of hydrogen-bond acceptors (Lipinski definition) is 4. The van der Waals surface area contributed by atoms with Crippen molar-refractivity contribution in [2.45, 2.75) is 12.1 Å². The highest BCUT2D eigenvalue weighted by Crippen LogP contribution is 2.47. The summed E-state index contributed by atoms with van der Waals surface area (Å²) in [5, 5.41) is 0. The van der Waals surface area contributed by atoms with Crippen LogP contribution in [0.15, 0.2) is 43.0 Å². The molecule has 0 aliphatic carbocycles. The van der Waals surface area contributed by atoms with Crippen LogP contribution in [0.25, 0.3) is 6.08 Å². The molecule has 0 N–H and O–H groups in total. The van der Waals surface area contributed by atoms with Crippen molar-refractivity contribution in [1.29, 1.82) is 0 Å². The van der Waals surface area contributed by atoms with Gasteiger partial charge in [0, 0.05) is 12.7 Å². The van der Waals surface area contributed by atoms with Crippen LogP contribution < -0.4 is 4.90 Å². The van der Waals surface area contributed by atoms with Gasteiger partial charge in [-0.1, -0.05) is 36.9 Å². The van der Waals surface area contributed by atoms with Crippen LogP contribution in [0.4, 0.5) is 5.69 Å². The number of imide groups is 1. The first-order valence-electron chi connectivity index (χ1n) is 7.59. The first-order chi connectivity index (χ1) is 11.1. The molecule has 23 heavy (non-hydrogen) atoms. The molecule has 2 fully saturated rings. The molecule has 3 aliphatic rings. The highest BCUT2D eigenvalue weighted by molar-refractivity contribution is 6.13. The minimum atomic E-state index is -0.613. The summed E-state index contributed by atoms with van der Waals surface area (Å²) in [7, 11) is 1.49. The molecule has 1 aromatic carbocycles. The molecular weight excluding hydrogens is 292 g/mol. The lowest BCUT2D eigenvalue weighted by molar-refractivity contribution is -0.139. The Labute approximate surface area is 133 Å². The van der Waals surface area contributed by atoms with E-state index in [0.717, 1.165) is 11.3 Å². The van der Waals surface area contributed by atoms with Crippen molar-refractivity contribution >= 4 is 29.4 Å². The number of benzene rings is 1. The number of fused-ring (bicyclic) bond motifs is 5. The fourth-order valence-corrected chi connectivity index (χ4v) is 4.11. The highest BCUT2D eigenvalue weighted by Gasteiger charge is 2.63. The van der Waals surface area contributed by atoms with E-state index in [9.17, 15) is 14.4 Å². The first kappa shape index (κ1) is 13.9. The van der Waals surface area contributed by atoms with Crippen LogP contribution in [0.2, 0.25) is 0 Å². The first-order valence-corrected chi connectivity index (χ1v) is 7.59. The number of carbonyl (C=O) groups is 3. The Morgan fingerprint density at radius 2 is 1.78 bits per heavy atom. The number of rotatable bonds is 2. The van der Waals surface area contributed by atoms with Crippen LogP contribution in [0.3, 0.4) is 0 Å². The maximum atomic E-state index is 12.5. The van der Waals surface area contributed by atoms with Gasteiger partial charge in [0.05, 0.1) is 17.9 Å². The summed E-state index contributed by atoms with van der Waals surface area (Å²) in [5.74, 6) is -1.67. The van der Waals surface area contributed by atoms with Gasteiger partial charge in [-0.05, 0) is 17.7 Å². The Morgan fingerprint density at radius 3 is 2.52 bits per heavy atom. The smallest absolute Gasteiger partial charge is 0.235 e. The van der Waals surface area contributed by atoms with E-state index in [1.807, 2.05) is 29.2 Å². The lowest BCUT2D eigenvalue weighted by Crippen LogP contribution is -2.49. The van der Waals surface area contributed by atoms with Gasteiger partial charge in [0.15, 0.2) is 5.78 Å². The Hall–Kier alpha value is -2.69. The topological polar surface area (TPSA) is 57.7 Å². The summed E-state index contributed by atoms with van der Waals surface area (Å²) < 4.78 is 0. The molecule has 5 heteroatoms. The third-order valence-electron chi connectivity index (χ3n) is 5.13. The molecule has 3 aliphatic heterocycles. The van der Waals surface area contributed by atoms with Gasteiger partial charge in [-0.2, -0.15) is 0 Å². The Bertz CT molecular complexity index is 782. The summed E-state index contributed by atoms with van der Waals surface area (Å²) in [5.41, 5.74) is 1.73. The minimum absolute atomic E-state index is 0.121. The average molecular weight is 308 g/mol. The van der Waals surface area contributed by atoms with Gasteiger partial charge in [-0.25, -0.2) is 0 Å². The van der Waals surface area contributed by atoms with E-state index < -0.39 is 17.9 Å². The Kier molecular flexibility index (Phi) is 2.82. The van der Waals surface area contributed by atoms with Gasteiger partial charge in [-0.15, -0.1) is 0 Å². The molecule has 2 amide bonds. The third-order valence-corrected chi connectivity index (χ3v) is 5.13. The van der Waals surface area contributed by atoms with Gasteiger partial charge in [0.1, 0.15) is 6.04 Å². The standard InChI is InChI=1S/C18H16N2O3/c1-3-10-6-4-5-7-11(10)20-12-8-9-13(21)16(20)15-14(12)17(22)19(2)18(15)23/h3-9,12,14-16H,1H2,2H3. The number of ketones is 1. The maximum absolute atomic E-state index is 12.5. The van der Waals surface area contributed by atoms with Gasteiger partial charge < -0.3 is 4.90 Å². The fraction of sp³-hybridized carbons (Fsp3) is 0.278. The summed E-state index contributed by atoms with van der Waals surface area (Å²) in [6.45, 7) is 3.82. The van der Waals surface area contributed by atoms with Gasteiger partial charge >= 0.3 is 0 Å². The van der Waals surface area contributed by atoms with Crippen molar-refractivity contribution in [2.75, 3.05) is 11.9 Å². The summed E-state index contributed by atoms with van der Waals surface area (Å²) in [6, 6.07) is 6.72. The van der Waals surface area contributed by atoms with Crippen LogP contribution in [-0.4, -0.2) is 41.6 Å². The van der Waals surface area contributed by atoms with E-state index >= 15 is 0 Å². The molecule has 1 aromatic rings. The summed E-state index contributed by atoms with van der Waals surface area (Å²) in [4.78, 5) is 40.6. The van der Waals surface area contributed by atoms with E-state index in [1.165, 1.54) is 18.0 Å². The summed E-state index contributed by atoms with van der Waals surface area (Å²) >= 11 is 0. The van der Waals surface area contributed by atoms with E-state index in [1.54, 1.807) is 12.2 Å². The predicted octanol–water partition coefficient (Wildman–Crippen LogP) is 1.26. The van der Waals surface area contributed by atoms with E-state index in [2.05, 4.69) is 6.58 Å². The van der Waals surface area contributed by atoms with Crippen molar-refractivity contribution in [3.63, 3.8) is 0 Å². The SMILES string of the molecule is C=Cc1ccccc1N1C2C=CC(=O)C1C1C(=O)N(C)C(=O)C12. The second kappa shape index (κ2) is 4.65. The number of likely N-dealkylation sites (tertiary alicyclic amines) is 1. The average Bonchev–Trinajstić information content (AvgIpc) is 2.95. The van der Waals surface area contributed by atoms with Crippen LogP contribution in [0.1, 0.15) is 5.56 Å². The van der Waals surface area contributed by atoms with Crippen LogP contribution in [0, 0.1) is 11.8 Å². The van der Waals surface area contributed by atoms with Gasteiger partial charge in [0.2, 0.25) is 11.8 Å². The lowest BCUT2D eigenvalue weighted by atomic mass is 9.90. The monoisotopic (exact) mass is 308 g/mol. The second-order valence-electron chi connectivity index (χ2n) is 6.15. The van der Waals surface area contributed by atoms with Crippen LogP contribution in [0.5, 0.6) is 0 Å². The second-order valence-corrected chi connectivity index (χ2v) is 6.15. The number of carbonyl (C=O) groups excluding carboxylic acids is 3. The highest BCUT2D eigenvalue weighted by atomic mass is 16.2. The molecule has 0 saturated carbocycles. The van der Waals surface area contributed by atoms with Crippen molar-refractivity contribution in [1.82, 2.24) is 4.90 Å². The molecule has 4 atom stereocenters. The Balaban J connectivity index is 1.89. The zero-order chi connectivity index (χ0) is 16.3. The fourth-order valence-electron chi connectivity index (χ4n) is 4.11. The molecule has 0 spiro atoms. The molecule has 4 unspecified atom stereocenters. The van der Waals surface area contributed by atoms with Crippen molar-refractivity contribution < 1.29 is 14.4 Å². The van der Waals surface area contributed by atoms with Crippen molar-refractivity contribution in [3.05, 3.63) is 48.6 Å². The molecule has 2 bridgehead atoms. The molecule has 4 rings (SSSR count). The normalized spacial score (nSPS) is 31.8. The molecule has 0 aromatic heterocycles. The lowest BCUT2D eigenvalue weighted by Gasteiger charge is -2.35. The zero-order valence-corrected chi connectivity index (χ0v) is 12.7. The maximum Gasteiger partial charge on any atom is 0.235 e. The van der Waals surface area contributed by atoms with Gasteiger partial charge in [0.25, 0.3) is 0 Å². The van der Waals surface area contributed by atoms with E-state index in [4.69, 9.17) is 0 Å². The molecular formula is C18H16N2O3. The van der Waals surface area contributed by atoms with E-state index in [-0.39, 0.29) is 23.6 Å². The Morgan fingerprint density at radius 1 is 1.09 bits per heavy atom. The molecule has 2 saturated heterocycles. The minimum Gasteiger partial charge on any atom is -0.353 e. The van der Waals surface area contributed by atoms with Crippen molar-refractivity contribution in [3.8, 4) is 0 Å².